The zero-order valence-corrected chi connectivity index (χ0v) is 17.4. The Labute approximate surface area is 170 Å². The number of amides is 1. The molecule has 28 heavy (non-hydrogen) atoms. The Kier molecular flexibility index (Phi) is 5.65. The van der Waals surface area contributed by atoms with E-state index >= 15 is 0 Å². The van der Waals surface area contributed by atoms with Crippen molar-refractivity contribution in [1.29, 1.82) is 0 Å². The maximum absolute atomic E-state index is 14.5. The van der Waals surface area contributed by atoms with Crippen molar-refractivity contribution >= 4 is 27.8 Å². The number of carbonyl (C=O) groups is 1. The zero-order chi connectivity index (χ0) is 20.5. The summed E-state index contributed by atoms with van der Waals surface area (Å²) >= 11 is 3.20. The molecule has 0 aliphatic heterocycles. The average Bonchev–Trinajstić information content (AvgIpc) is 2.57. The lowest BCUT2D eigenvalue weighted by Gasteiger charge is -2.46. The first kappa shape index (κ1) is 20.6. The molecule has 150 valence electrons. The molecule has 0 spiro atoms. The number of hydrogen-bond acceptors (Lipinski definition) is 5. The number of pyridine rings is 1. The summed E-state index contributed by atoms with van der Waals surface area (Å²) in [5.74, 6) is -0.295. The second kappa shape index (κ2) is 7.69. The molecule has 6 nitrogen and oxygen atoms in total. The standard InChI is InChI=1S/C19H21BrF2N4O2/c1-18(2,3)28-17(27)26(15-7-6-14(20)24-25-15)11-19(9-12(21)10-19)16-13(22)5-4-8-23-16/h4-8,12H,9-11H2,1-3H3/t12-,19+. The summed E-state index contributed by atoms with van der Waals surface area (Å²) in [4.78, 5) is 18.3. The van der Waals surface area contributed by atoms with Crippen LogP contribution in [-0.2, 0) is 10.2 Å². The summed E-state index contributed by atoms with van der Waals surface area (Å²) in [6.45, 7) is 5.20. The fourth-order valence-corrected chi connectivity index (χ4v) is 3.48. The molecule has 9 heteroatoms. The van der Waals surface area contributed by atoms with E-state index in [0.717, 1.165) is 0 Å². The zero-order valence-electron chi connectivity index (χ0n) is 15.8. The van der Waals surface area contributed by atoms with Gasteiger partial charge in [0.25, 0.3) is 0 Å². The highest BCUT2D eigenvalue weighted by Crippen LogP contribution is 2.46. The van der Waals surface area contributed by atoms with Crippen molar-refractivity contribution in [3.8, 4) is 0 Å². The highest BCUT2D eigenvalue weighted by Gasteiger charge is 2.51. The lowest BCUT2D eigenvalue weighted by Crippen LogP contribution is -2.54. The minimum Gasteiger partial charge on any atom is -0.443 e. The third-order valence-electron chi connectivity index (χ3n) is 4.45. The number of carbonyl (C=O) groups excluding carboxylic acids is 1. The van der Waals surface area contributed by atoms with E-state index in [1.54, 1.807) is 32.9 Å². The Balaban J connectivity index is 1.98. The normalized spacial score (nSPS) is 21.7. The Bertz CT molecular complexity index is 852. The van der Waals surface area contributed by atoms with Gasteiger partial charge in [-0.05, 0) is 73.8 Å². The van der Waals surface area contributed by atoms with Crippen LogP contribution in [0.3, 0.4) is 0 Å². The highest BCUT2D eigenvalue weighted by molar-refractivity contribution is 9.10. The van der Waals surface area contributed by atoms with Crippen LogP contribution < -0.4 is 4.90 Å². The molecular formula is C19H21BrF2N4O2. The van der Waals surface area contributed by atoms with Crippen molar-refractivity contribution in [1.82, 2.24) is 15.2 Å². The second-order valence-corrected chi connectivity index (χ2v) is 8.71. The van der Waals surface area contributed by atoms with Crippen LogP contribution in [0.2, 0.25) is 0 Å². The van der Waals surface area contributed by atoms with Crippen LogP contribution in [0, 0.1) is 5.82 Å². The van der Waals surface area contributed by atoms with Crippen LogP contribution in [0.25, 0.3) is 0 Å². The van der Waals surface area contributed by atoms with Gasteiger partial charge < -0.3 is 4.74 Å². The van der Waals surface area contributed by atoms with Gasteiger partial charge in [-0.25, -0.2) is 13.6 Å². The van der Waals surface area contributed by atoms with Gasteiger partial charge in [0.2, 0.25) is 0 Å². The largest absolute Gasteiger partial charge is 0.443 e. The molecule has 1 fully saturated rings. The van der Waals surface area contributed by atoms with E-state index in [4.69, 9.17) is 4.74 Å². The monoisotopic (exact) mass is 454 g/mol. The lowest BCUT2D eigenvalue weighted by atomic mass is 9.64. The predicted octanol–water partition coefficient (Wildman–Crippen LogP) is 4.58. The van der Waals surface area contributed by atoms with Gasteiger partial charge in [0.05, 0.1) is 5.69 Å². The molecular weight excluding hydrogens is 434 g/mol. The van der Waals surface area contributed by atoms with E-state index in [1.165, 1.54) is 23.2 Å². The predicted molar refractivity (Wildman–Crippen MR) is 103 cm³/mol. The molecule has 3 rings (SSSR count). The van der Waals surface area contributed by atoms with E-state index in [-0.39, 0.29) is 30.9 Å². The maximum Gasteiger partial charge on any atom is 0.416 e. The van der Waals surface area contributed by atoms with Crippen molar-refractivity contribution in [2.45, 2.75) is 50.8 Å². The number of nitrogens with zero attached hydrogens (tertiary/aromatic N) is 4. The summed E-state index contributed by atoms with van der Waals surface area (Å²) < 4.78 is 34.3. The van der Waals surface area contributed by atoms with Crippen LogP contribution in [0.1, 0.15) is 39.3 Å². The van der Waals surface area contributed by atoms with Gasteiger partial charge in [-0.15, -0.1) is 10.2 Å². The van der Waals surface area contributed by atoms with Crippen molar-refractivity contribution < 1.29 is 18.3 Å². The van der Waals surface area contributed by atoms with Gasteiger partial charge in [0.15, 0.2) is 5.82 Å². The average molecular weight is 455 g/mol. The van der Waals surface area contributed by atoms with Gasteiger partial charge in [-0.1, -0.05) is 0 Å². The van der Waals surface area contributed by atoms with Crippen LogP contribution in [0.5, 0.6) is 0 Å². The Hall–Kier alpha value is -2.16. The van der Waals surface area contributed by atoms with Gasteiger partial charge in [0, 0.05) is 18.2 Å². The number of aromatic nitrogens is 3. The van der Waals surface area contributed by atoms with Gasteiger partial charge in [-0.3, -0.25) is 9.88 Å². The summed E-state index contributed by atoms with van der Waals surface area (Å²) in [7, 11) is 0. The third-order valence-corrected chi connectivity index (χ3v) is 4.88. The molecule has 0 aromatic carbocycles. The lowest BCUT2D eigenvalue weighted by molar-refractivity contribution is 0.0507. The molecule has 0 unspecified atom stereocenters. The topological polar surface area (TPSA) is 68.2 Å². The fourth-order valence-electron chi connectivity index (χ4n) is 3.27. The Morgan fingerprint density at radius 1 is 1.32 bits per heavy atom. The van der Waals surface area contributed by atoms with Crippen molar-refractivity contribution in [3.05, 3.63) is 46.6 Å². The number of rotatable bonds is 4. The molecule has 2 heterocycles. The number of halogens is 3. The summed E-state index contributed by atoms with van der Waals surface area (Å²) in [6, 6.07) is 5.98. The fraction of sp³-hybridized carbons (Fsp3) is 0.474. The van der Waals surface area contributed by atoms with E-state index in [0.29, 0.717) is 4.60 Å². The number of alkyl halides is 1. The number of ether oxygens (including phenoxy) is 1. The number of hydrogen-bond donors (Lipinski definition) is 0. The minimum absolute atomic E-state index is 0.0213. The smallest absolute Gasteiger partial charge is 0.416 e. The van der Waals surface area contributed by atoms with E-state index < -0.39 is 29.1 Å². The van der Waals surface area contributed by atoms with Crippen molar-refractivity contribution in [2.75, 3.05) is 11.4 Å². The molecule has 1 saturated carbocycles. The number of anilines is 1. The molecule has 1 aliphatic rings. The summed E-state index contributed by atoms with van der Waals surface area (Å²) in [5.41, 5.74) is -1.57. The van der Waals surface area contributed by atoms with Crippen LogP contribution >= 0.6 is 15.9 Å². The quantitative estimate of drug-likeness (QED) is 0.675. The first-order chi connectivity index (χ1) is 13.1. The molecule has 0 bridgehead atoms. The van der Waals surface area contributed by atoms with E-state index in [1.807, 2.05) is 0 Å². The first-order valence-electron chi connectivity index (χ1n) is 8.84. The second-order valence-electron chi connectivity index (χ2n) is 7.90. The molecule has 1 amide bonds. The molecule has 2 aromatic rings. The van der Waals surface area contributed by atoms with Crippen molar-refractivity contribution in [2.24, 2.45) is 0 Å². The minimum atomic E-state index is -1.09. The Morgan fingerprint density at radius 3 is 2.57 bits per heavy atom. The summed E-state index contributed by atoms with van der Waals surface area (Å²) in [6.07, 6.45) is -0.169. The molecule has 2 aromatic heterocycles. The van der Waals surface area contributed by atoms with Crippen LogP contribution in [0.15, 0.2) is 35.1 Å². The van der Waals surface area contributed by atoms with Gasteiger partial charge >= 0.3 is 6.09 Å². The maximum atomic E-state index is 14.5. The van der Waals surface area contributed by atoms with Crippen LogP contribution in [0.4, 0.5) is 19.4 Å². The van der Waals surface area contributed by atoms with Crippen molar-refractivity contribution in [3.63, 3.8) is 0 Å². The molecule has 0 radical (unpaired) electrons. The molecule has 0 saturated heterocycles. The third kappa shape index (κ3) is 4.45. The SMILES string of the molecule is CC(C)(C)OC(=O)N(C[C@]1(c2ncccc2F)C[C@@H](F)C1)c1ccc(Br)nn1. The van der Waals surface area contributed by atoms with E-state index in [2.05, 4.69) is 31.1 Å². The van der Waals surface area contributed by atoms with E-state index in [9.17, 15) is 13.6 Å². The van der Waals surface area contributed by atoms with Crippen LogP contribution in [-0.4, -0.2) is 39.6 Å². The highest BCUT2D eigenvalue weighted by atomic mass is 79.9. The van der Waals surface area contributed by atoms with Gasteiger partial charge in [0.1, 0.15) is 22.2 Å². The van der Waals surface area contributed by atoms with Gasteiger partial charge in [-0.2, -0.15) is 0 Å². The Morgan fingerprint density at radius 2 is 2.04 bits per heavy atom. The first-order valence-corrected chi connectivity index (χ1v) is 9.64. The molecule has 0 N–H and O–H groups in total. The summed E-state index contributed by atoms with van der Waals surface area (Å²) in [5, 5.41) is 7.94. The molecule has 0 atom stereocenters. The molecule has 1 aliphatic carbocycles.